The van der Waals surface area contributed by atoms with Crippen molar-refractivity contribution in [1.29, 1.82) is 0 Å². The number of H-pyrrole nitrogens is 1. The van der Waals surface area contributed by atoms with Gasteiger partial charge in [-0.3, -0.25) is 4.79 Å². The first-order chi connectivity index (χ1) is 7.16. The van der Waals surface area contributed by atoms with E-state index in [1.165, 1.54) is 19.3 Å². The summed E-state index contributed by atoms with van der Waals surface area (Å²) in [6, 6.07) is 0.472. The van der Waals surface area contributed by atoms with Crippen molar-refractivity contribution in [2.45, 2.75) is 32.2 Å². The first-order valence-electron chi connectivity index (χ1n) is 5.16. The topological polar surface area (TPSA) is 57.8 Å². The minimum Gasteiger partial charge on any atom is -0.380 e. The van der Waals surface area contributed by atoms with Crippen LogP contribution in [0.25, 0.3) is 0 Å². The van der Waals surface area contributed by atoms with Crippen molar-refractivity contribution in [3.63, 3.8) is 0 Å². The molecule has 0 amide bonds. The number of hydrogen-bond donors (Lipinski definition) is 2. The molecule has 1 fully saturated rings. The molecule has 0 bridgehead atoms. The molecule has 0 aromatic carbocycles. The molecule has 0 radical (unpaired) electrons. The lowest BCUT2D eigenvalue weighted by atomic mass is 10.1. The number of halogens is 1. The first kappa shape index (κ1) is 10.7. The Morgan fingerprint density at radius 1 is 1.60 bits per heavy atom. The molecule has 0 saturated heterocycles. The van der Waals surface area contributed by atoms with Crippen LogP contribution in [0.1, 0.15) is 26.2 Å². The van der Waals surface area contributed by atoms with Crippen LogP contribution < -0.4 is 10.9 Å². The molecule has 1 aliphatic carbocycles. The summed E-state index contributed by atoms with van der Waals surface area (Å²) in [6.07, 6.45) is 5.24. The average Bonchev–Trinajstić information content (AvgIpc) is 2.59. The van der Waals surface area contributed by atoms with Crippen molar-refractivity contribution in [3.8, 4) is 0 Å². The monoisotopic (exact) mass is 271 g/mol. The maximum absolute atomic E-state index is 11.3. The van der Waals surface area contributed by atoms with Crippen LogP contribution >= 0.6 is 15.9 Å². The molecule has 1 aromatic heterocycles. The minimum atomic E-state index is -0.189. The van der Waals surface area contributed by atoms with Crippen LogP contribution in [-0.4, -0.2) is 16.2 Å². The standard InChI is InChI=1S/C10H14BrN3O/c1-6-2-3-7(4-6)13-8-5-12-14-10(15)9(8)11/h5-7H,2-4H2,1H3,(H2,13,14,15). The van der Waals surface area contributed by atoms with E-state index in [0.717, 1.165) is 11.6 Å². The molecule has 1 heterocycles. The number of anilines is 1. The Balaban J connectivity index is 2.11. The van der Waals surface area contributed by atoms with Crippen molar-refractivity contribution >= 4 is 21.6 Å². The Morgan fingerprint density at radius 3 is 3.07 bits per heavy atom. The molecule has 0 spiro atoms. The molecular weight excluding hydrogens is 258 g/mol. The Morgan fingerprint density at radius 2 is 2.40 bits per heavy atom. The molecule has 2 atom stereocenters. The van der Waals surface area contributed by atoms with Crippen LogP contribution in [0.3, 0.4) is 0 Å². The Bertz CT molecular complexity index is 404. The van der Waals surface area contributed by atoms with Crippen LogP contribution in [0.5, 0.6) is 0 Å². The van der Waals surface area contributed by atoms with E-state index >= 15 is 0 Å². The molecule has 1 aliphatic rings. The van der Waals surface area contributed by atoms with E-state index in [1.807, 2.05) is 0 Å². The molecular formula is C10H14BrN3O. The highest BCUT2D eigenvalue weighted by atomic mass is 79.9. The SMILES string of the molecule is CC1CCC(Nc2cn[nH]c(=O)c2Br)C1. The third-order valence-electron chi connectivity index (χ3n) is 2.85. The lowest BCUT2D eigenvalue weighted by molar-refractivity contribution is 0.602. The summed E-state index contributed by atoms with van der Waals surface area (Å²) in [5, 5.41) is 9.51. The van der Waals surface area contributed by atoms with Crippen LogP contribution in [-0.2, 0) is 0 Å². The quantitative estimate of drug-likeness (QED) is 0.867. The van der Waals surface area contributed by atoms with Crippen molar-refractivity contribution in [1.82, 2.24) is 10.2 Å². The maximum Gasteiger partial charge on any atom is 0.280 e. The number of aromatic nitrogens is 2. The molecule has 82 valence electrons. The highest BCUT2D eigenvalue weighted by Crippen LogP contribution is 2.28. The van der Waals surface area contributed by atoms with Crippen LogP contribution in [0, 0.1) is 5.92 Å². The van der Waals surface area contributed by atoms with Gasteiger partial charge in [-0.05, 0) is 41.1 Å². The smallest absolute Gasteiger partial charge is 0.280 e. The molecule has 2 N–H and O–H groups in total. The van der Waals surface area contributed by atoms with Gasteiger partial charge >= 0.3 is 0 Å². The molecule has 2 rings (SSSR count). The number of hydrogen-bond acceptors (Lipinski definition) is 3. The van der Waals surface area contributed by atoms with Crippen molar-refractivity contribution in [3.05, 3.63) is 21.0 Å². The highest BCUT2D eigenvalue weighted by Gasteiger charge is 2.21. The van der Waals surface area contributed by atoms with Gasteiger partial charge in [-0.1, -0.05) is 6.92 Å². The van der Waals surface area contributed by atoms with Crippen molar-refractivity contribution < 1.29 is 0 Å². The van der Waals surface area contributed by atoms with Gasteiger partial charge in [-0.15, -0.1) is 0 Å². The van der Waals surface area contributed by atoms with E-state index in [9.17, 15) is 4.79 Å². The fourth-order valence-corrected chi connectivity index (χ4v) is 2.35. The van der Waals surface area contributed by atoms with Gasteiger partial charge in [0.25, 0.3) is 5.56 Å². The second-order valence-electron chi connectivity index (χ2n) is 4.19. The Hall–Kier alpha value is -0.840. The predicted molar refractivity (Wildman–Crippen MR) is 63.0 cm³/mol. The van der Waals surface area contributed by atoms with Crippen LogP contribution in [0.2, 0.25) is 0 Å². The number of aromatic amines is 1. The lowest BCUT2D eigenvalue weighted by Gasteiger charge is -2.14. The van der Waals surface area contributed by atoms with Gasteiger partial charge in [0, 0.05) is 6.04 Å². The largest absolute Gasteiger partial charge is 0.380 e. The van der Waals surface area contributed by atoms with Crippen molar-refractivity contribution in [2.75, 3.05) is 5.32 Å². The van der Waals surface area contributed by atoms with E-state index in [-0.39, 0.29) is 5.56 Å². The zero-order valence-electron chi connectivity index (χ0n) is 8.59. The minimum absolute atomic E-state index is 0.189. The summed E-state index contributed by atoms with van der Waals surface area (Å²) >= 11 is 3.26. The van der Waals surface area contributed by atoms with E-state index in [2.05, 4.69) is 38.4 Å². The normalized spacial score (nSPS) is 25.5. The van der Waals surface area contributed by atoms with Gasteiger partial charge in [-0.2, -0.15) is 5.10 Å². The van der Waals surface area contributed by atoms with Gasteiger partial charge in [0.15, 0.2) is 0 Å². The summed E-state index contributed by atoms with van der Waals surface area (Å²) < 4.78 is 0.539. The molecule has 15 heavy (non-hydrogen) atoms. The summed E-state index contributed by atoms with van der Waals surface area (Å²) in [4.78, 5) is 11.3. The molecule has 1 saturated carbocycles. The fourth-order valence-electron chi connectivity index (χ4n) is 2.04. The van der Waals surface area contributed by atoms with Gasteiger partial charge in [0.05, 0.1) is 11.9 Å². The number of nitrogens with one attached hydrogen (secondary N) is 2. The summed E-state index contributed by atoms with van der Waals surface area (Å²) in [5.41, 5.74) is 0.601. The van der Waals surface area contributed by atoms with E-state index in [0.29, 0.717) is 10.5 Å². The Labute approximate surface area is 96.6 Å². The van der Waals surface area contributed by atoms with E-state index < -0.39 is 0 Å². The first-order valence-corrected chi connectivity index (χ1v) is 5.96. The van der Waals surface area contributed by atoms with Crippen molar-refractivity contribution in [2.24, 2.45) is 5.92 Å². The van der Waals surface area contributed by atoms with Gasteiger partial charge in [-0.25, -0.2) is 5.10 Å². The molecule has 1 aromatic rings. The highest BCUT2D eigenvalue weighted by molar-refractivity contribution is 9.10. The summed E-state index contributed by atoms with van der Waals surface area (Å²) in [7, 11) is 0. The van der Waals surface area contributed by atoms with Gasteiger partial charge in [0.2, 0.25) is 0 Å². The summed E-state index contributed by atoms with van der Waals surface area (Å²) in [5.74, 6) is 0.774. The van der Waals surface area contributed by atoms with Gasteiger partial charge in [0.1, 0.15) is 4.47 Å². The zero-order valence-corrected chi connectivity index (χ0v) is 10.2. The average molecular weight is 272 g/mol. The van der Waals surface area contributed by atoms with E-state index in [4.69, 9.17) is 0 Å². The molecule has 0 aliphatic heterocycles. The maximum atomic E-state index is 11.3. The molecule has 4 nitrogen and oxygen atoms in total. The number of nitrogens with zero attached hydrogens (tertiary/aromatic N) is 1. The fraction of sp³-hybridized carbons (Fsp3) is 0.600. The second kappa shape index (κ2) is 4.35. The van der Waals surface area contributed by atoms with Crippen LogP contribution in [0.4, 0.5) is 5.69 Å². The summed E-state index contributed by atoms with van der Waals surface area (Å²) in [6.45, 7) is 2.26. The van der Waals surface area contributed by atoms with E-state index in [1.54, 1.807) is 6.20 Å². The lowest BCUT2D eigenvalue weighted by Crippen LogP contribution is -2.19. The second-order valence-corrected chi connectivity index (χ2v) is 4.98. The molecule has 2 unspecified atom stereocenters. The van der Waals surface area contributed by atoms with Crippen LogP contribution in [0.15, 0.2) is 15.5 Å². The predicted octanol–water partition coefficient (Wildman–Crippen LogP) is 2.13. The third-order valence-corrected chi connectivity index (χ3v) is 3.64. The molecule has 5 heteroatoms. The third kappa shape index (κ3) is 2.40. The number of rotatable bonds is 2. The van der Waals surface area contributed by atoms with Gasteiger partial charge < -0.3 is 5.32 Å². The Kier molecular flexibility index (Phi) is 3.09. The zero-order chi connectivity index (χ0) is 10.8.